The highest BCUT2D eigenvalue weighted by Crippen LogP contribution is 2.22. The van der Waals surface area contributed by atoms with E-state index in [4.69, 9.17) is 0 Å². The maximum absolute atomic E-state index is 4.38. The van der Waals surface area contributed by atoms with Crippen molar-refractivity contribution < 1.29 is 0 Å². The smallest absolute Gasteiger partial charge is 0.202 e. The summed E-state index contributed by atoms with van der Waals surface area (Å²) in [6, 6.07) is 9.91. The Morgan fingerprint density at radius 3 is 3.06 bits per heavy atom. The largest absolute Gasteiger partial charge is 0.353 e. The molecule has 0 saturated heterocycles. The van der Waals surface area contributed by atoms with E-state index >= 15 is 0 Å². The van der Waals surface area contributed by atoms with Gasteiger partial charge in [0.2, 0.25) is 5.65 Å². The molecule has 6 heteroatoms. The number of nitrogens with zero attached hydrogens (tertiary/aromatic N) is 5. The highest BCUT2D eigenvalue weighted by molar-refractivity contribution is 6.05. The van der Waals surface area contributed by atoms with Crippen LogP contribution in [0.1, 0.15) is 0 Å². The monoisotopic (exact) mass is 210 g/mol. The van der Waals surface area contributed by atoms with Gasteiger partial charge < -0.3 is 4.98 Å². The van der Waals surface area contributed by atoms with Gasteiger partial charge in [0.1, 0.15) is 5.52 Å². The molecule has 16 heavy (non-hydrogen) atoms. The van der Waals surface area contributed by atoms with Crippen molar-refractivity contribution in [1.29, 1.82) is 0 Å². The molecule has 0 aliphatic heterocycles. The number of aromatic amines is 1. The number of benzene rings is 1. The predicted octanol–water partition coefficient (Wildman–Crippen LogP) is 1.15. The van der Waals surface area contributed by atoms with Crippen LogP contribution in [-0.4, -0.2) is 30.2 Å². The summed E-state index contributed by atoms with van der Waals surface area (Å²) in [5.41, 5.74) is 3.53. The van der Waals surface area contributed by atoms with Crippen molar-refractivity contribution in [3.63, 3.8) is 0 Å². The predicted molar refractivity (Wildman–Crippen MR) is 57.9 cm³/mol. The summed E-state index contributed by atoms with van der Waals surface area (Å²) in [5, 5.41) is 16.7. The van der Waals surface area contributed by atoms with Gasteiger partial charge in [-0.15, -0.1) is 14.8 Å². The van der Waals surface area contributed by atoms with E-state index in [-0.39, 0.29) is 0 Å². The van der Waals surface area contributed by atoms with E-state index in [1.165, 1.54) is 4.63 Å². The third-order valence-corrected chi connectivity index (χ3v) is 2.65. The SMILES string of the molecule is c1ccc2c(c1)[nH]c1cc3nnnn3nc12. The Morgan fingerprint density at radius 2 is 2.06 bits per heavy atom. The quantitative estimate of drug-likeness (QED) is 0.472. The number of nitrogens with one attached hydrogen (secondary N) is 1. The molecular formula is C10H6N6. The lowest BCUT2D eigenvalue weighted by atomic mass is 10.2. The van der Waals surface area contributed by atoms with Crippen molar-refractivity contribution in [1.82, 2.24) is 30.2 Å². The number of H-pyrrole nitrogens is 1. The molecule has 0 saturated carbocycles. The normalized spacial score (nSPS) is 11.8. The second-order valence-electron chi connectivity index (χ2n) is 3.60. The second-order valence-corrected chi connectivity index (χ2v) is 3.60. The van der Waals surface area contributed by atoms with Crippen molar-refractivity contribution in [2.75, 3.05) is 0 Å². The van der Waals surface area contributed by atoms with Crippen molar-refractivity contribution in [3.05, 3.63) is 30.3 Å². The van der Waals surface area contributed by atoms with Gasteiger partial charge in [-0.1, -0.05) is 18.2 Å². The van der Waals surface area contributed by atoms with Crippen LogP contribution < -0.4 is 0 Å². The van der Waals surface area contributed by atoms with Crippen LogP contribution in [0.3, 0.4) is 0 Å². The van der Waals surface area contributed by atoms with Crippen molar-refractivity contribution in [2.45, 2.75) is 0 Å². The molecule has 1 aromatic carbocycles. The first kappa shape index (κ1) is 7.75. The first-order valence-corrected chi connectivity index (χ1v) is 4.88. The van der Waals surface area contributed by atoms with Crippen LogP contribution in [0.5, 0.6) is 0 Å². The van der Waals surface area contributed by atoms with Gasteiger partial charge in [0.25, 0.3) is 0 Å². The average Bonchev–Trinajstić information content (AvgIpc) is 2.88. The molecule has 0 radical (unpaired) electrons. The Labute approximate surface area is 88.9 Å². The zero-order chi connectivity index (χ0) is 10.5. The van der Waals surface area contributed by atoms with E-state index in [0.717, 1.165) is 21.9 Å². The van der Waals surface area contributed by atoms with E-state index < -0.39 is 0 Å². The average molecular weight is 210 g/mol. The molecule has 0 atom stereocenters. The van der Waals surface area contributed by atoms with Gasteiger partial charge in [0, 0.05) is 17.0 Å². The Hall–Kier alpha value is -2.50. The van der Waals surface area contributed by atoms with E-state index in [1.807, 2.05) is 30.3 Å². The fraction of sp³-hybridized carbons (Fsp3) is 0. The van der Waals surface area contributed by atoms with Gasteiger partial charge in [-0.3, -0.25) is 0 Å². The molecular weight excluding hydrogens is 204 g/mol. The fourth-order valence-electron chi connectivity index (χ4n) is 1.93. The molecule has 6 nitrogen and oxygen atoms in total. The van der Waals surface area contributed by atoms with Crippen LogP contribution in [0.15, 0.2) is 30.3 Å². The molecule has 1 N–H and O–H groups in total. The Morgan fingerprint density at radius 1 is 1.12 bits per heavy atom. The van der Waals surface area contributed by atoms with E-state index in [2.05, 4.69) is 25.6 Å². The van der Waals surface area contributed by atoms with Gasteiger partial charge in [-0.05, 0) is 16.5 Å². The van der Waals surface area contributed by atoms with Gasteiger partial charge in [-0.25, -0.2) is 0 Å². The second kappa shape index (κ2) is 2.54. The number of para-hydroxylation sites is 1. The summed E-state index contributed by atoms with van der Waals surface area (Å²) in [7, 11) is 0. The summed E-state index contributed by atoms with van der Waals surface area (Å²) >= 11 is 0. The fourth-order valence-corrected chi connectivity index (χ4v) is 1.93. The van der Waals surface area contributed by atoms with Crippen molar-refractivity contribution in [3.8, 4) is 0 Å². The van der Waals surface area contributed by atoms with E-state index in [0.29, 0.717) is 5.65 Å². The molecule has 0 aliphatic carbocycles. The zero-order valence-electron chi connectivity index (χ0n) is 8.12. The Bertz CT molecular complexity index is 812. The minimum Gasteiger partial charge on any atom is -0.353 e. The summed E-state index contributed by atoms with van der Waals surface area (Å²) in [6.45, 7) is 0. The minimum absolute atomic E-state index is 0.638. The number of aromatic nitrogens is 6. The standard InChI is InChI=1S/C10H6N6/c1-2-4-7-6(3-1)10-8(11-7)5-9-12-14-15-16(9)13-10/h1-5,11H. The first-order chi connectivity index (χ1) is 7.92. The molecule has 0 bridgehead atoms. The number of rotatable bonds is 0. The lowest BCUT2D eigenvalue weighted by Gasteiger charge is -1.90. The minimum atomic E-state index is 0.638. The number of tetrazole rings is 1. The van der Waals surface area contributed by atoms with Crippen LogP contribution in [0.2, 0.25) is 0 Å². The molecule has 0 unspecified atom stereocenters. The molecule has 76 valence electrons. The first-order valence-electron chi connectivity index (χ1n) is 4.88. The highest BCUT2D eigenvalue weighted by Gasteiger charge is 2.07. The maximum atomic E-state index is 4.38. The third-order valence-electron chi connectivity index (χ3n) is 2.65. The molecule has 3 aromatic heterocycles. The highest BCUT2D eigenvalue weighted by atomic mass is 15.6. The van der Waals surface area contributed by atoms with Crippen molar-refractivity contribution >= 4 is 27.6 Å². The Kier molecular flexibility index (Phi) is 1.23. The van der Waals surface area contributed by atoms with Crippen LogP contribution in [0.25, 0.3) is 27.6 Å². The van der Waals surface area contributed by atoms with Crippen LogP contribution >= 0.6 is 0 Å². The summed E-state index contributed by atoms with van der Waals surface area (Å²) in [5.74, 6) is 0. The van der Waals surface area contributed by atoms with Crippen LogP contribution in [0.4, 0.5) is 0 Å². The Balaban J connectivity index is 2.32. The third kappa shape index (κ3) is 0.855. The lowest BCUT2D eigenvalue weighted by molar-refractivity contribution is 0.746. The number of hydrogen-bond acceptors (Lipinski definition) is 4. The lowest BCUT2D eigenvalue weighted by Crippen LogP contribution is -1.93. The molecule has 0 aliphatic rings. The maximum Gasteiger partial charge on any atom is 0.202 e. The number of fused-ring (bicyclic) bond motifs is 4. The van der Waals surface area contributed by atoms with Gasteiger partial charge in [-0.2, -0.15) is 0 Å². The summed E-state index contributed by atoms with van der Waals surface area (Å²) < 4.78 is 1.43. The summed E-state index contributed by atoms with van der Waals surface area (Å²) in [4.78, 5) is 3.29. The van der Waals surface area contributed by atoms with Crippen LogP contribution in [-0.2, 0) is 0 Å². The van der Waals surface area contributed by atoms with Gasteiger partial charge >= 0.3 is 0 Å². The molecule has 0 spiro atoms. The van der Waals surface area contributed by atoms with Crippen molar-refractivity contribution in [2.24, 2.45) is 0 Å². The topological polar surface area (TPSA) is 71.8 Å². The van der Waals surface area contributed by atoms with E-state index in [1.54, 1.807) is 0 Å². The molecule has 4 aromatic rings. The van der Waals surface area contributed by atoms with E-state index in [9.17, 15) is 0 Å². The number of hydrogen-bond donors (Lipinski definition) is 1. The summed E-state index contributed by atoms with van der Waals surface area (Å²) in [6.07, 6.45) is 0. The molecule has 3 heterocycles. The zero-order valence-corrected chi connectivity index (χ0v) is 8.12. The van der Waals surface area contributed by atoms with Gasteiger partial charge in [0.05, 0.1) is 5.52 Å². The molecule has 4 rings (SSSR count). The van der Waals surface area contributed by atoms with Gasteiger partial charge in [0.15, 0.2) is 0 Å². The molecule has 0 fully saturated rings. The van der Waals surface area contributed by atoms with Crippen LogP contribution in [0, 0.1) is 0 Å². The molecule has 0 amide bonds.